The van der Waals surface area contributed by atoms with Crippen molar-refractivity contribution < 1.29 is 4.74 Å². The SMILES string of the molecule is Nc1cnc2[nH]c(-c3ccnc(N4CCOCC4)c3)cc2c1. The Morgan fingerprint density at radius 1 is 1.14 bits per heavy atom. The molecule has 0 spiro atoms. The van der Waals surface area contributed by atoms with Gasteiger partial charge >= 0.3 is 0 Å². The summed E-state index contributed by atoms with van der Waals surface area (Å²) in [6, 6.07) is 8.08. The van der Waals surface area contributed by atoms with Crippen LogP contribution in [0.1, 0.15) is 0 Å². The Kier molecular flexibility index (Phi) is 3.16. The first-order valence-corrected chi connectivity index (χ1v) is 7.33. The molecule has 3 aromatic rings. The van der Waals surface area contributed by atoms with E-state index in [1.54, 1.807) is 6.20 Å². The maximum absolute atomic E-state index is 5.79. The van der Waals surface area contributed by atoms with Gasteiger partial charge in [0.15, 0.2) is 0 Å². The average Bonchev–Trinajstić information content (AvgIpc) is 2.99. The normalized spacial score (nSPS) is 15.4. The number of morpholine rings is 1. The van der Waals surface area contributed by atoms with Crippen molar-refractivity contribution in [3.8, 4) is 11.3 Å². The van der Waals surface area contributed by atoms with Crippen molar-refractivity contribution in [1.29, 1.82) is 0 Å². The fourth-order valence-corrected chi connectivity index (χ4v) is 2.74. The van der Waals surface area contributed by atoms with Crippen LogP contribution in [0.15, 0.2) is 36.7 Å². The van der Waals surface area contributed by atoms with Crippen molar-refractivity contribution in [3.63, 3.8) is 0 Å². The van der Waals surface area contributed by atoms with Crippen LogP contribution in [0.4, 0.5) is 11.5 Å². The van der Waals surface area contributed by atoms with E-state index in [-0.39, 0.29) is 0 Å². The molecule has 0 atom stereocenters. The maximum Gasteiger partial charge on any atom is 0.137 e. The Balaban J connectivity index is 1.71. The molecule has 0 unspecified atom stereocenters. The topological polar surface area (TPSA) is 80.1 Å². The van der Waals surface area contributed by atoms with E-state index < -0.39 is 0 Å². The number of nitrogen functional groups attached to an aromatic ring is 1. The van der Waals surface area contributed by atoms with Gasteiger partial charge in [0.25, 0.3) is 0 Å². The van der Waals surface area contributed by atoms with E-state index in [1.165, 1.54) is 0 Å². The van der Waals surface area contributed by atoms with Gasteiger partial charge in [-0.1, -0.05) is 0 Å². The molecule has 6 heteroatoms. The Labute approximate surface area is 127 Å². The highest BCUT2D eigenvalue weighted by Crippen LogP contribution is 2.26. The minimum absolute atomic E-state index is 0.668. The van der Waals surface area contributed by atoms with Crippen LogP contribution in [0, 0.1) is 0 Å². The van der Waals surface area contributed by atoms with Gasteiger partial charge in [0.05, 0.1) is 25.1 Å². The smallest absolute Gasteiger partial charge is 0.137 e. The zero-order valence-corrected chi connectivity index (χ0v) is 12.1. The summed E-state index contributed by atoms with van der Waals surface area (Å²) in [4.78, 5) is 14.4. The van der Waals surface area contributed by atoms with Gasteiger partial charge in [-0.25, -0.2) is 9.97 Å². The number of aromatic amines is 1. The standard InChI is InChI=1S/C16H17N5O/c17-13-7-12-8-14(20-16(12)19-10-13)11-1-2-18-15(9-11)21-3-5-22-6-4-21/h1-2,7-10H,3-6,17H2,(H,19,20). The summed E-state index contributed by atoms with van der Waals surface area (Å²) in [5.41, 5.74) is 9.41. The van der Waals surface area contributed by atoms with Crippen molar-refractivity contribution >= 4 is 22.5 Å². The number of nitrogens with zero attached hydrogens (tertiary/aromatic N) is 3. The van der Waals surface area contributed by atoms with Crippen molar-refractivity contribution in [1.82, 2.24) is 15.0 Å². The summed E-state index contributed by atoms with van der Waals surface area (Å²) in [6.45, 7) is 3.26. The lowest BCUT2D eigenvalue weighted by molar-refractivity contribution is 0.122. The van der Waals surface area contributed by atoms with Gasteiger partial charge in [-0.15, -0.1) is 0 Å². The van der Waals surface area contributed by atoms with E-state index in [0.717, 1.165) is 54.4 Å². The lowest BCUT2D eigenvalue weighted by Crippen LogP contribution is -2.36. The number of hydrogen-bond donors (Lipinski definition) is 2. The Morgan fingerprint density at radius 3 is 2.86 bits per heavy atom. The first-order valence-electron chi connectivity index (χ1n) is 7.33. The third-order valence-electron chi connectivity index (χ3n) is 3.88. The summed E-state index contributed by atoms with van der Waals surface area (Å²) < 4.78 is 5.39. The second-order valence-electron chi connectivity index (χ2n) is 5.39. The van der Waals surface area contributed by atoms with Gasteiger partial charge in [-0.05, 0) is 24.3 Å². The summed E-state index contributed by atoms with van der Waals surface area (Å²) in [7, 11) is 0. The fraction of sp³-hybridized carbons (Fsp3) is 0.250. The second kappa shape index (κ2) is 5.31. The number of rotatable bonds is 2. The van der Waals surface area contributed by atoms with E-state index in [4.69, 9.17) is 10.5 Å². The minimum Gasteiger partial charge on any atom is -0.397 e. The first-order chi connectivity index (χ1) is 10.8. The lowest BCUT2D eigenvalue weighted by Gasteiger charge is -2.27. The van der Waals surface area contributed by atoms with Crippen molar-refractivity contribution in [2.45, 2.75) is 0 Å². The van der Waals surface area contributed by atoms with Crippen LogP contribution in [0.2, 0.25) is 0 Å². The predicted octanol–water partition coefficient (Wildman–Crippen LogP) is 2.04. The van der Waals surface area contributed by atoms with E-state index in [1.807, 2.05) is 18.3 Å². The number of nitrogens with two attached hydrogens (primary N) is 1. The largest absolute Gasteiger partial charge is 0.397 e. The van der Waals surface area contributed by atoms with Crippen LogP contribution in [0.3, 0.4) is 0 Å². The molecule has 3 N–H and O–H groups in total. The van der Waals surface area contributed by atoms with Crippen molar-refractivity contribution in [3.05, 3.63) is 36.7 Å². The highest BCUT2D eigenvalue weighted by Gasteiger charge is 2.13. The molecule has 6 nitrogen and oxygen atoms in total. The van der Waals surface area contributed by atoms with Gasteiger partial charge < -0.3 is 20.4 Å². The molecule has 0 saturated carbocycles. The van der Waals surface area contributed by atoms with E-state index >= 15 is 0 Å². The first kappa shape index (κ1) is 13.1. The number of aromatic nitrogens is 3. The molecule has 0 bridgehead atoms. The molecule has 4 heterocycles. The highest BCUT2D eigenvalue weighted by molar-refractivity contribution is 5.85. The predicted molar refractivity (Wildman–Crippen MR) is 86.8 cm³/mol. The quantitative estimate of drug-likeness (QED) is 0.756. The zero-order valence-electron chi connectivity index (χ0n) is 12.1. The number of pyridine rings is 2. The molecule has 4 rings (SSSR count). The molecular weight excluding hydrogens is 278 g/mol. The van der Waals surface area contributed by atoms with Crippen LogP contribution >= 0.6 is 0 Å². The molecule has 1 fully saturated rings. The van der Waals surface area contributed by atoms with Gasteiger partial charge in [0.1, 0.15) is 11.5 Å². The number of anilines is 2. The molecule has 0 amide bonds. The molecule has 1 aliphatic rings. The van der Waals surface area contributed by atoms with Gasteiger partial charge in [0, 0.05) is 35.9 Å². The minimum atomic E-state index is 0.668. The van der Waals surface area contributed by atoms with Gasteiger partial charge in [0.2, 0.25) is 0 Å². The molecule has 1 saturated heterocycles. The molecule has 0 aliphatic carbocycles. The third kappa shape index (κ3) is 2.37. The fourth-order valence-electron chi connectivity index (χ4n) is 2.74. The zero-order chi connectivity index (χ0) is 14.9. The number of H-pyrrole nitrogens is 1. The molecule has 3 aromatic heterocycles. The molecule has 0 aromatic carbocycles. The summed E-state index contributed by atoms with van der Waals surface area (Å²) >= 11 is 0. The lowest BCUT2D eigenvalue weighted by atomic mass is 10.2. The number of ether oxygens (including phenoxy) is 1. The summed E-state index contributed by atoms with van der Waals surface area (Å²) in [5.74, 6) is 0.979. The average molecular weight is 295 g/mol. The monoisotopic (exact) mass is 295 g/mol. The molecule has 0 radical (unpaired) electrons. The molecule has 22 heavy (non-hydrogen) atoms. The van der Waals surface area contributed by atoms with Crippen molar-refractivity contribution in [2.75, 3.05) is 36.9 Å². The van der Waals surface area contributed by atoms with Crippen LogP contribution < -0.4 is 10.6 Å². The number of fused-ring (bicyclic) bond motifs is 1. The van der Waals surface area contributed by atoms with Crippen molar-refractivity contribution in [2.24, 2.45) is 0 Å². The van der Waals surface area contributed by atoms with Crippen LogP contribution in [0.5, 0.6) is 0 Å². The van der Waals surface area contributed by atoms with Crippen LogP contribution in [0.25, 0.3) is 22.3 Å². The number of hydrogen-bond acceptors (Lipinski definition) is 5. The Bertz CT molecular complexity index is 807. The van der Waals surface area contributed by atoms with Gasteiger partial charge in [-0.2, -0.15) is 0 Å². The highest BCUT2D eigenvalue weighted by atomic mass is 16.5. The molecule has 112 valence electrons. The van der Waals surface area contributed by atoms with Crippen LogP contribution in [-0.4, -0.2) is 41.3 Å². The van der Waals surface area contributed by atoms with E-state index in [2.05, 4.69) is 32.0 Å². The Morgan fingerprint density at radius 2 is 2.00 bits per heavy atom. The molecular formula is C16H17N5O. The van der Waals surface area contributed by atoms with E-state index in [9.17, 15) is 0 Å². The summed E-state index contributed by atoms with van der Waals surface area (Å²) in [6.07, 6.45) is 3.50. The maximum atomic E-state index is 5.79. The number of nitrogens with one attached hydrogen (secondary N) is 1. The van der Waals surface area contributed by atoms with Crippen LogP contribution in [-0.2, 0) is 4.74 Å². The third-order valence-corrected chi connectivity index (χ3v) is 3.88. The second-order valence-corrected chi connectivity index (χ2v) is 5.39. The summed E-state index contributed by atoms with van der Waals surface area (Å²) in [5, 5.41) is 1.01. The van der Waals surface area contributed by atoms with Gasteiger partial charge in [-0.3, -0.25) is 0 Å². The Hall–Kier alpha value is -2.60. The van der Waals surface area contributed by atoms with E-state index in [0.29, 0.717) is 5.69 Å². The molecule has 1 aliphatic heterocycles.